The first kappa shape index (κ1) is 23.0. The molecule has 1 saturated heterocycles. The molecule has 4 rings (SSSR count). The summed E-state index contributed by atoms with van der Waals surface area (Å²) in [6.07, 6.45) is 0. The van der Waals surface area contributed by atoms with Crippen LogP contribution in [-0.2, 0) is 9.84 Å². The molecule has 0 amide bonds. The van der Waals surface area contributed by atoms with Gasteiger partial charge >= 0.3 is 0 Å². The first-order valence-electron chi connectivity index (χ1n) is 10.9. The van der Waals surface area contributed by atoms with E-state index in [0.717, 1.165) is 22.4 Å². The van der Waals surface area contributed by atoms with Crippen molar-refractivity contribution in [2.24, 2.45) is 0 Å². The number of rotatable bonds is 6. The van der Waals surface area contributed by atoms with Crippen molar-refractivity contribution < 1.29 is 13.6 Å². The van der Waals surface area contributed by atoms with Crippen LogP contribution in [0, 0.1) is 11.8 Å². The first-order valence-corrected chi connectivity index (χ1v) is 12.6. The minimum absolute atomic E-state index is 0.297. The molecule has 0 radical (unpaired) electrons. The molecule has 1 aliphatic heterocycles. The van der Waals surface area contributed by atoms with Crippen molar-refractivity contribution in [3.8, 4) is 23.0 Å². The van der Waals surface area contributed by atoms with Crippen molar-refractivity contribution >= 4 is 15.5 Å². The number of sulfone groups is 1. The Morgan fingerprint density at radius 1 is 0.970 bits per heavy atom. The Bertz CT molecular complexity index is 1200. The van der Waals surface area contributed by atoms with Crippen LogP contribution in [0.1, 0.15) is 5.56 Å². The largest absolute Gasteiger partial charge is 0.353 e. The maximum Gasteiger partial charge on any atom is 0.175 e. The number of benzene rings is 3. The molecule has 33 heavy (non-hydrogen) atoms. The number of hydrogen-bond donors (Lipinski definition) is 3. The second-order valence-electron chi connectivity index (χ2n) is 7.91. The lowest BCUT2D eigenvalue weighted by molar-refractivity contribution is 0.153. The molecular formula is C26H27N3O3S. The predicted octanol–water partition coefficient (Wildman–Crippen LogP) is 2.90. The molecule has 170 valence electrons. The molecule has 2 unspecified atom stereocenters. The summed E-state index contributed by atoms with van der Waals surface area (Å²) in [5.41, 5.74) is 5.86. The smallest absolute Gasteiger partial charge is 0.175 e. The zero-order valence-electron chi connectivity index (χ0n) is 18.2. The van der Waals surface area contributed by atoms with Crippen LogP contribution >= 0.6 is 0 Å². The lowest BCUT2D eigenvalue weighted by atomic mass is 10.1. The Labute approximate surface area is 195 Å². The summed E-state index contributed by atoms with van der Waals surface area (Å²) in [6.45, 7) is 1.58. The van der Waals surface area contributed by atoms with Crippen molar-refractivity contribution in [2.75, 3.05) is 30.3 Å². The maximum absolute atomic E-state index is 13.3. The topological polar surface area (TPSA) is 81.7 Å². The minimum Gasteiger partial charge on any atom is -0.353 e. The highest BCUT2D eigenvalue weighted by Gasteiger charge is 2.35. The van der Waals surface area contributed by atoms with E-state index in [2.05, 4.69) is 22.6 Å². The van der Waals surface area contributed by atoms with E-state index in [-0.39, 0.29) is 5.75 Å². The second kappa shape index (κ2) is 10.6. The average molecular weight is 462 g/mol. The number of hydrogen-bond acceptors (Lipinski definition) is 6. The fraction of sp³-hybridized carbons (Fsp3) is 0.231. The van der Waals surface area contributed by atoms with Crippen LogP contribution < -0.4 is 15.7 Å². The van der Waals surface area contributed by atoms with Gasteiger partial charge in [0.25, 0.3) is 0 Å². The van der Waals surface area contributed by atoms with Gasteiger partial charge in [-0.1, -0.05) is 72.5 Å². The highest BCUT2D eigenvalue weighted by atomic mass is 32.2. The van der Waals surface area contributed by atoms with Crippen molar-refractivity contribution in [2.45, 2.75) is 11.4 Å². The summed E-state index contributed by atoms with van der Waals surface area (Å²) in [4.78, 5) is 1.92. The lowest BCUT2D eigenvalue weighted by Crippen LogP contribution is -2.56. The van der Waals surface area contributed by atoms with Crippen LogP contribution in [0.25, 0.3) is 11.1 Å². The van der Waals surface area contributed by atoms with Gasteiger partial charge in [-0.3, -0.25) is 0 Å². The van der Waals surface area contributed by atoms with E-state index >= 15 is 0 Å². The van der Waals surface area contributed by atoms with Crippen LogP contribution in [0.2, 0.25) is 0 Å². The Morgan fingerprint density at radius 3 is 2.27 bits per heavy atom. The van der Waals surface area contributed by atoms with Crippen molar-refractivity contribution in [1.82, 2.24) is 10.8 Å². The Morgan fingerprint density at radius 2 is 1.61 bits per heavy atom. The monoisotopic (exact) mass is 461 g/mol. The Hall–Kier alpha value is -3.15. The van der Waals surface area contributed by atoms with Crippen LogP contribution in [0.5, 0.6) is 0 Å². The highest BCUT2D eigenvalue weighted by Crippen LogP contribution is 2.26. The van der Waals surface area contributed by atoms with Crippen LogP contribution in [0.4, 0.5) is 5.69 Å². The summed E-state index contributed by atoms with van der Waals surface area (Å²) in [5.74, 6) is 5.45. The third-order valence-electron chi connectivity index (χ3n) is 5.64. The average Bonchev–Trinajstić information content (AvgIpc) is 2.88. The fourth-order valence-electron chi connectivity index (χ4n) is 3.92. The van der Waals surface area contributed by atoms with E-state index in [0.29, 0.717) is 19.6 Å². The third kappa shape index (κ3) is 5.81. The lowest BCUT2D eigenvalue weighted by Gasteiger charge is -2.37. The molecule has 1 fully saturated rings. The molecule has 1 aliphatic rings. The van der Waals surface area contributed by atoms with Crippen LogP contribution in [0.15, 0.2) is 84.9 Å². The predicted molar refractivity (Wildman–Crippen MR) is 132 cm³/mol. The van der Waals surface area contributed by atoms with E-state index in [4.69, 9.17) is 0 Å². The quantitative estimate of drug-likeness (QED) is 0.387. The third-order valence-corrected chi connectivity index (χ3v) is 7.68. The van der Waals surface area contributed by atoms with Crippen molar-refractivity contribution in [1.29, 1.82) is 0 Å². The maximum atomic E-state index is 13.3. The molecule has 0 aromatic heterocycles. The van der Waals surface area contributed by atoms with Crippen molar-refractivity contribution in [3.05, 3.63) is 90.5 Å². The van der Waals surface area contributed by atoms with Gasteiger partial charge in [-0.25, -0.2) is 8.42 Å². The van der Waals surface area contributed by atoms with Crippen molar-refractivity contribution in [3.63, 3.8) is 0 Å². The summed E-state index contributed by atoms with van der Waals surface area (Å²) >= 11 is 0. The first-order chi connectivity index (χ1) is 16.1. The minimum atomic E-state index is -3.62. The number of piperazine rings is 1. The van der Waals surface area contributed by atoms with E-state index < -0.39 is 21.3 Å². The summed E-state index contributed by atoms with van der Waals surface area (Å²) < 4.78 is 26.7. The summed E-state index contributed by atoms with van der Waals surface area (Å²) in [6, 6.07) is 26.4. The van der Waals surface area contributed by atoms with Gasteiger partial charge in [0.1, 0.15) is 11.4 Å². The van der Waals surface area contributed by atoms with E-state index in [1.165, 1.54) is 0 Å². The number of nitrogens with zero attached hydrogens (tertiary/aromatic N) is 1. The molecule has 7 heteroatoms. The molecule has 0 spiro atoms. The normalized spacial score (nSPS) is 17.1. The summed E-state index contributed by atoms with van der Waals surface area (Å²) in [7, 11) is -3.62. The second-order valence-corrected chi connectivity index (χ2v) is 10.1. The van der Waals surface area contributed by atoms with E-state index in [1.807, 2.05) is 89.8 Å². The molecule has 2 atom stereocenters. The molecule has 3 aromatic carbocycles. The summed E-state index contributed by atoms with van der Waals surface area (Å²) in [5, 5.41) is 12.0. The number of nitrogens with one attached hydrogen (secondary N) is 2. The number of hydroxylamine groups is 1. The molecule has 0 bridgehead atoms. The van der Waals surface area contributed by atoms with Gasteiger partial charge in [-0.2, -0.15) is 5.48 Å². The molecule has 0 aliphatic carbocycles. The molecule has 6 nitrogen and oxygen atoms in total. The molecule has 0 saturated carbocycles. The van der Waals surface area contributed by atoms with Gasteiger partial charge in [0.2, 0.25) is 0 Å². The van der Waals surface area contributed by atoms with Gasteiger partial charge < -0.3 is 15.4 Å². The SMILES string of the molecule is O=S(=O)(CC(C#Cc1ccccc1)NO)C1CNCCN1c1ccc(-c2ccccc2)cc1. The zero-order chi connectivity index (χ0) is 23.1. The van der Waals surface area contributed by atoms with Crippen LogP contribution in [0.3, 0.4) is 0 Å². The van der Waals surface area contributed by atoms with Gasteiger partial charge in [0.15, 0.2) is 9.84 Å². The standard InChI is InChI=1S/C26H27N3O3S/c30-28-24(14-11-21-7-3-1-4-8-21)20-33(31,32)26-19-27-17-18-29(26)25-15-12-23(13-16-25)22-9-5-2-6-10-22/h1-10,12-13,15-16,24,26-28,30H,17-20H2. The number of anilines is 1. The van der Waals surface area contributed by atoms with Gasteiger partial charge in [-0.15, -0.1) is 0 Å². The molecular weight excluding hydrogens is 434 g/mol. The Balaban J connectivity index is 1.52. The Kier molecular flexibility index (Phi) is 7.43. The van der Waals surface area contributed by atoms with Gasteiger partial charge in [-0.05, 0) is 35.4 Å². The van der Waals surface area contributed by atoms with Gasteiger partial charge in [0, 0.05) is 30.9 Å². The highest BCUT2D eigenvalue weighted by molar-refractivity contribution is 7.92. The molecule has 3 N–H and O–H groups in total. The van der Waals surface area contributed by atoms with E-state index in [1.54, 1.807) is 0 Å². The van der Waals surface area contributed by atoms with E-state index in [9.17, 15) is 13.6 Å². The fourth-order valence-corrected chi connectivity index (χ4v) is 5.75. The zero-order valence-corrected chi connectivity index (χ0v) is 19.0. The molecule has 1 heterocycles. The van der Waals surface area contributed by atoms with Crippen LogP contribution in [-0.4, -0.2) is 50.4 Å². The van der Waals surface area contributed by atoms with Gasteiger partial charge in [0.05, 0.1) is 5.75 Å². The molecule has 3 aromatic rings.